The zero-order chi connectivity index (χ0) is 28.3. The van der Waals surface area contributed by atoms with Gasteiger partial charge in [-0.1, -0.05) is 97.1 Å². The van der Waals surface area contributed by atoms with Gasteiger partial charge >= 0.3 is 0 Å². The molecule has 0 atom stereocenters. The topological polar surface area (TPSA) is 16.4 Å². The molecule has 0 unspecified atom stereocenters. The molecular weight excluding hydrogens is 543 g/mol. The van der Waals surface area contributed by atoms with E-state index in [-0.39, 0.29) is 0 Å². The Labute approximate surface area is 252 Å². The monoisotopic (exact) mass is 567 g/mol. The number of para-hydroxylation sites is 1. The van der Waals surface area contributed by atoms with Crippen LogP contribution in [-0.4, -0.2) is 0 Å². The summed E-state index contributed by atoms with van der Waals surface area (Å²) in [6, 6.07) is 54.3. The molecule has 2 heterocycles. The minimum Gasteiger partial charge on any atom is -0.456 e. The molecule has 9 aromatic rings. The Morgan fingerprint density at radius 3 is 2.02 bits per heavy atom. The summed E-state index contributed by atoms with van der Waals surface area (Å²) < 4.78 is 8.85. The molecule has 9 rings (SSSR count). The molecule has 0 amide bonds. The van der Waals surface area contributed by atoms with E-state index in [4.69, 9.17) is 4.42 Å². The maximum Gasteiger partial charge on any atom is 0.136 e. The number of hydrogen-bond donors (Lipinski definition) is 0. The van der Waals surface area contributed by atoms with Crippen LogP contribution in [0, 0.1) is 0 Å². The molecule has 0 saturated heterocycles. The van der Waals surface area contributed by atoms with Gasteiger partial charge in [0.1, 0.15) is 11.2 Å². The molecule has 202 valence electrons. The van der Waals surface area contributed by atoms with Crippen molar-refractivity contribution in [2.75, 3.05) is 4.90 Å². The van der Waals surface area contributed by atoms with E-state index < -0.39 is 0 Å². The Balaban J connectivity index is 1.32. The number of nitrogens with zero attached hydrogens (tertiary/aromatic N) is 1. The van der Waals surface area contributed by atoms with Crippen molar-refractivity contribution in [2.24, 2.45) is 0 Å². The standard InChI is InChI=1S/C40H25NOS/c1-2-9-26(10-3-1)27-17-21-29(22-18-27)41(34-13-8-16-38-40(34)32-12-5-7-15-37(32)43-38)30-23-19-28-20-24-36-39(33(28)25-30)31-11-4-6-14-35(31)42-36/h1-25H. The molecule has 7 aromatic carbocycles. The van der Waals surface area contributed by atoms with E-state index in [1.807, 2.05) is 23.5 Å². The number of rotatable bonds is 4. The van der Waals surface area contributed by atoms with Crippen LogP contribution in [0.3, 0.4) is 0 Å². The van der Waals surface area contributed by atoms with Gasteiger partial charge in [-0.3, -0.25) is 0 Å². The van der Waals surface area contributed by atoms with Gasteiger partial charge in [-0.25, -0.2) is 0 Å². The van der Waals surface area contributed by atoms with Gasteiger partial charge in [0.15, 0.2) is 0 Å². The Bertz CT molecular complexity index is 2450. The Morgan fingerprint density at radius 2 is 1.14 bits per heavy atom. The number of anilines is 3. The molecule has 2 aromatic heterocycles. The van der Waals surface area contributed by atoms with Crippen LogP contribution in [0.25, 0.3) is 64.0 Å². The zero-order valence-electron chi connectivity index (χ0n) is 23.2. The van der Waals surface area contributed by atoms with E-state index in [9.17, 15) is 0 Å². The van der Waals surface area contributed by atoms with Crippen LogP contribution in [-0.2, 0) is 0 Å². The third-order valence-electron chi connectivity index (χ3n) is 8.46. The van der Waals surface area contributed by atoms with E-state index in [2.05, 4.69) is 144 Å². The molecule has 3 heteroatoms. The van der Waals surface area contributed by atoms with E-state index in [0.717, 1.165) is 33.3 Å². The highest BCUT2D eigenvalue weighted by Gasteiger charge is 2.20. The Kier molecular flexibility index (Phi) is 5.40. The molecule has 0 saturated carbocycles. The zero-order valence-corrected chi connectivity index (χ0v) is 24.0. The number of thiophene rings is 1. The maximum atomic E-state index is 6.27. The number of benzene rings is 7. The smallest absolute Gasteiger partial charge is 0.136 e. The lowest BCUT2D eigenvalue weighted by Crippen LogP contribution is -2.10. The lowest BCUT2D eigenvalue weighted by molar-refractivity contribution is 0.669. The molecule has 0 aliphatic carbocycles. The highest BCUT2D eigenvalue weighted by molar-refractivity contribution is 7.26. The minimum absolute atomic E-state index is 0.913. The number of fused-ring (bicyclic) bond motifs is 8. The third kappa shape index (κ3) is 3.86. The number of hydrogen-bond acceptors (Lipinski definition) is 3. The molecule has 0 fully saturated rings. The van der Waals surface area contributed by atoms with Gasteiger partial charge in [0.05, 0.1) is 5.69 Å². The summed E-state index contributed by atoms with van der Waals surface area (Å²) in [4.78, 5) is 2.41. The van der Waals surface area contributed by atoms with Crippen LogP contribution >= 0.6 is 11.3 Å². The van der Waals surface area contributed by atoms with Gasteiger partial charge in [0.25, 0.3) is 0 Å². The van der Waals surface area contributed by atoms with Gasteiger partial charge in [0.2, 0.25) is 0 Å². The third-order valence-corrected chi connectivity index (χ3v) is 9.59. The van der Waals surface area contributed by atoms with Crippen LogP contribution in [0.1, 0.15) is 0 Å². The van der Waals surface area contributed by atoms with E-state index >= 15 is 0 Å². The molecule has 0 aliphatic heterocycles. The second-order valence-corrected chi connectivity index (χ2v) is 12.0. The lowest BCUT2D eigenvalue weighted by atomic mass is 10.0. The van der Waals surface area contributed by atoms with Crippen molar-refractivity contribution >= 4 is 81.3 Å². The summed E-state index contributed by atoms with van der Waals surface area (Å²) in [6.07, 6.45) is 0. The predicted molar refractivity (Wildman–Crippen MR) is 184 cm³/mol. The van der Waals surface area contributed by atoms with E-state index in [1.54, 1.807) is 0 Å². The van der Waals surface area contributed by atoms with Crippen molar-refractivity contribution in [3.8, 4) is 11.1 Å². The number of furan rings is 1. The van der Waals surface area contributed by atoms with Crippen molar-refractivity contribution in [1.29, 1.82) is 0 Å². The largest absolute Gasteiger partial charge is 0.456 e. The van der Waals surface area contributed by atoms with Crippen LogP contribution in [0.2, 0.25) is 0 Å². The molecule has 0 spiro atoms. The molecule has 2 nitrogen and oxygen atoms in total. The maximum absolute atomic E-state index is 6.27. The van der Waals surface area contributed by atoms with Gasteiger partial charge in [-0.15, -0.1) is 11.3 Å². The van der Waals surface area contributed by atoms with Crippen molar-refractivity contribution in [3.63, 3.8) is 0 Å². The molecule has 0 aliphatic rings. The van der Waals surface area contributed by atoms with Crippen molar-refractivity contribution in [1.82, 2.24) is 0 Å². The fourth-order valence-electron chi connectivity index (χ4n) is 6.47. The summed E-state index contributed by atoms with van der Waals surface area (Å²) in [5.41, 5.74) is 7.64. The van der Waals surface area contributed by atoms with E-state index in [1.165, 1.54) is 47.8 Å². The van der Waals surface area contributed by atoms with Crippen molar-refractivity contribution in [2.45, 2.75) is 0 Å². The van der Waals surface area contributed by atoms with Crippen LogP contribution in [0.4, 0.5) is 17.1 Å². The van der Waals surface area contributed by atoms with Gasteiger partial charge in [-0.05, 0) is 76.5 Å². The second kappa shape index (κ2) is 9.59. The van der Waals surface area contributed by atoms with Crippen molar-refractivity contribution in [3.05, 3.63) is 152 Å². The highest BCUT2D eigenvalue weighted by atomic mass is 32.1. The average Bonchev–Trinajstić information content (AvgIpc) is 3.65. The SMILES string of the molecule is c1ccc(-c2ccc(N(c3ccc4ccc5oc6ccccc6c5c4c3)c3cccc4sc5ccccc5c34)cc2)cc1. The fraction of sp³-hybridized carbons (Fsp3) is 0. The van der Waals surface area contributed by atoms with Crippen LogP contribution < -0.4 is 4.90 Å². The molecular formula is C40H25NOS. The molecule has 0 N–H and O–H groups in total. The minimum atomic E-state index is 0.913. The molecule has 0 radical (unpaired) electrons. The first-order valence-electron chi connectivity index (χ1n) is 14.5. The summed E-state index contributed by atoms with van der Waals surface area (Å²) >= 11 is 1.85. The van der Waals surface area contributed by atoms with Crippen LogP contribution in [0.15, 0.2) is 156 Å². The first-order valence-corrected chi connectivity index (χ1v) is 15.3. The molecule has 43 heavy (non-hydrogen) atoms. The summed E-state index contributed by atoms with van der Waals surface area (Å²) in [7, 11) is 0. The molecule has 0 bridgehead atoms. The fourth-order valence-corrected chi connectivity index (χ4v) is 7.60. The van der Waals surface area contributed by atoms with Gasteiger partial charge < -0.3 is 9.32 Å². The Hall–Kier alpha value is -5.38. The summed E-state index contributed by atoms with van der Waals surface area (Å²) in [5, 5.41) is 7.25. The summed E-state index contributed by atoms with van der Waals surface area (Å²) in [6.45, 7) is 0. The first-order chi connectivity index (χ1) is 21.3. The predicted octanol–water partition coefficient (Wildman–Crippen LogP) is 12.2. The lowest BCUT2D eigenvalue weighted by Gasteiger charge is -2.27. The van der Waals surface area contributed by atoms with Crippen molar-refractivity contribution < 1.29 is 4.42 Å². The quantitative estimate of drug-likeness (QED) is 0.210. The average molecular weight is 568 g/mol. The normalized spacial score (nSPS) is 11.7. The highest BCUT2D eigenvalue weighted by Crippen LogP contribution is 2.46. The Morgan fingerprint density at radius 1 is 0.442 bits per heavy atom. The van der Waals surface area contributed by atoms with Gasteiger partial charge in [0, 0.05) is 42.3 Å². The summed E-state index contributed by atoms with van der Waals surface area (Å²) in [5.74, 6) is 0. The van der Waals surface area contributed by atoms with Gasteiger partial charge in [-0.2, -0.15) is 0 Å². The first kappa shape index (κ1) is 24.2. The van der Waals surface area contributed by atoms with E-state index in [0.29, 0.717) is 0 Å². The van der Waals surface area contributed by atoms with Crippen LogP contribution in [0.5, 0.6) is 0 Å². The second-order valence-electron chi connectivity index (χ2n) is 10.9.